The van der Waals surface area contributed by atoms with Crippen molar-refractivity contribution in [1.29, 1.82) is 0 Å². The molecule has 0 aromatic rings. The van der Waals surface area contributed by atoms with Gasteiger partial charge in [0.05, 0.1) is 12.8 Å². The number of aliphatic hydroxyl groups is 1. The highest BCUT2D eigenvalue weighted by atomic mass is 16.8. The van der Waals surface area contributed by atoms with Crippen LogP contribution in [-0.4, -0.2) is 23.0 Å². The van der Waals surface area contributed by atoms with E-state index in [-0.39, 0.29) is 18.4 Å². The molecule has 0 bridgehead atoms. The Labute approximate surface area is 107 Å². The number of rotatable bonds is 5. The Kier molecular flexibility index (Phi) is 4.90. The molecule has 0 saturated carbocycles. The van der Waals surface area contributed by atoms with Crippen LogP contribution in [0.4, 0.5) is 0 Å². The maximum absolute atomic E-state index is 11.4. The molecule has 1 fully saturated rings. The number of hydrogen-bond acceptors (Lipinski definition) is 5. The Morgan fingerprint density at radius 1 is 1.33 bits per heavy atom. The van der Waals surface area contributed by atoms with Crippen LogP contribution in [0.3, 0.4) is 0 Å². The lowest BCUT2D eigenvalue weighted by Gasteiger charge is -2.24. The van der Waals surface area contributed by atoms with Crippen molar-refractivity contribution in [3.8, 4) is 0 Å². The van der Waals surface area contributed by atoms with Gasteiger partial charge in [0.1, 0.15) is 0 Å². The molecule has 1 rings (SSSR count). The summed E-state index contributed by atoms with van der Waals surface area (Å²) < 4.78 is 9.52. The molecule has 18 heavy (non-hydrogen) atoms. The van der Waals surface area contributed by atoms with Gasteiger partial charge in [0.25, 0.3) is 0 Å². The van der Waals surface area contributed by atoms with Crippen molar-refractivity contribution in [2.75, 3.05) is 0 Å². The Morgan fingerprint density at radius 3 is 2.61 bits per heavy atom. The number of ether oxygens (including phenoxy) is 2. The first-order valence-corrected chi connectivity index (χ1v) is 6.18. The van der Waals surface area contributed by atoms with Crippen LogP contribution in [0.5, 0.6) is 0 Å². The zero-order chi connectivity index (χ0) is 13.8. The fourth-order valence-corrected chi connectivity index (χ4v) is 1.70. The third-order valence-electron chi connectivity index (χ3n) is 2.70. The first-order chi connectivity index (χ1) is 8.32. The SMILES string of the molecule is C=C1CC(=O)OC(O)(CCCCC(C)C)OC1=O. The van der Waals surface area contributed by atoms with Gasteiger partial charge in [0.2, 0.25) is 0 Å². The number of unbranched alkanes of at least 4 members (excludes halogenated alkanes) is 1. The molecule has 102 valence electrons. The lowest BCUT2D eigenvalue weighted by Crippen LogP contribution is -2.37. The first kappa shape index (κ1) is 14.7. The second-order valence-corrected chi connectivity index (χ2v) is 5.00. The summed E-state index contributed by atoms with van der Waals surface area (Å²) in [6.45, 7) is 7.61. The van der Waals surface area contributed by atoms with E-state index in [4.69, 9.17) is 9.47 Å². The highest BCUT2D eigenvalue weighted by Gasteiger charge is 2.39. The Hall–Kier alpha value is -1.36. The second kappa shape index (κ2) is 6.00. The van der Waals surface area contributed by atoms with Crippen LogP contribution in [0.1, 0.15) is 46.0 Å². The third kappa shape index (κ3) is 4.49. The molecule has 5 nitrogen and oxygen atoms in total. The van der Waals surface area contributed by atoms with Crippen molar-refractivity contribution in [2.24, 2.45) is 5.92 Å². The number of carbonyl (C=O) groups excluding carboxylic acids is 2. The summed E-state index contributed by atoms with van der Waals surface area (Å²) >= 11 is 0. The minimum absolute atomic E-state index is 0.00175. The quantitative estimate of drug-likeness (QED) is 0.462. The van der Waals surface area contributed by atoms with Gasteiger partial charge in [-0.15, -0.1) is 0 Å². The summed E-state index contributed by atoms with van der Waals surface area (Å²) in [5.41, 5.74) is -0.00175. The fraction of sp³-hybridized carbons (Fsp3) is 0.692. The van der Waals surface area contributed by atoms with Crippen LogP contribution in [-0.2, 0) is 19.1 Å². The van der Waals surface area contributed by atoms with Crippen molar-refractivity contribution in [3.63, 3.8) is 0 Å². The van der Waals surface area contributed by atoms with Crippen molar-refractivity contribution in [1.82, 2.24) is 0 Å². The lowest BCUT2D eigenvalue weighted by atomic mass is 10.0. The molecule has 0 aromatic heterocycles. The summed E-state index contributed by atoms with van der Waals surface area (Å²) in [6.07, 6.45) is 2.33. The van der Waals surface area contributed by atoms with Gasteiger partial charge in [-0.1, -0.05) is 33.3 Å². The normalized spacial score (nSPS) is 24.8. The molecule has 0 amide bonds. The van der Waals surface area contributed by atoms with Gasteiger partial charge in [-0.3, -0.25) is 4.79 Å². The van der Waals surface area contributed by atoms with Gasteiger partial charge in [-0.05, 0) is 12.3 Å². The van der Waals surface area contributed by atoms with Gasteiger partial charge in [-0.2, -0.15) is 0 Å². The van der Waals surface area contributed by atoms with Crippen LogP contribution < -0.4 is 0 Å². The third-order valence-corrected chi connectivity index (χ3v) is 2.70. The molecule has 1 N–H and O–H groups in total. The van der Waals surface area contributed by atoms with Crippen molar-refractivity contribution < 1.29 is 24.2 Å². The molecule has 1 atom stereocenters. The molecule has 1 saturated heterocycles. The lowest BCUT2D eigenvalue weighted by molar-refractivity contribution is -0.323. The standard InChI is InChI=1S/C13H20O5/c1-9(2)6-4-5-7-13(16)17-11(14)8-10(3)12(15)18-13/h9,16H,3-8H2,1-2H3. The van der Waals surface area contributed by atoms with E-state index in [1.165, 1.54) is 0 Å². The van der Waals surface area contributed by atoms with E-state index in [9.17, 15) is 14.7 Å². The van der Waals surface area contributed by atoms with Gasteiger partial charge >= 0.3 is 17.9 Å². The van der Waals surface area contributed by atoms with Crippen LogP contribution >= 0.6 is 0 Å². The molecule has 1 unspecified atom stereocenters. The number of carbonyl (C=O) groups is 2. The molecule has 0 radical (unpaired) electrons. The van der Waals surface area contributed by atoms with Gasteiger partial charge in [0, 0.05) is 5.57 Å². The Balaban J connectivity index is 2.52. The number of esters is 2. The molecular formula is C13H20O5. The highest BCUT2D eigenvalue weighted by molar-refractivity contribution is 5.94. The van der Waals surface area contributed by atoms with E-state index in [1.54, 1.807) is 0 Å². The monoisotopic (exact) mass is 256 g/mol. The molecule has 0 spiro atoms. The van der Waals surface area contributed by atoms with Crippen molar-refractivity contribution in [3.05, 3.63) is 12.2 Å². The van der Waals surface area contributed by atoms with Crippen LogP contribution in [0, 0.1) is 5.92 Å². The average molecular weight is 256 g/mol. The van der Waals surface area contributed by atoms with Crippen LogP contribution in [0.25, 0.3) is 0 Å². The van der Waals surface area contributed by atoms with Gasteiger partial charge < -0.3 is 14.6 Å². The summed E-state index contributed by atoms with van der Waals surface area (Å²) in [5, 5.41) is 9.95. The summed E-state index contributed by atoms with van der Waals surface area (Å²) in [7, 11) is 0. The minimum Gasteiger partial charge on any atom is -0.398 e. The van der Waals surface area contributed by atoms with Gasteiger partial charge in [-0.25, -0.2) is 4.79 Å². The molecule has 1 aliphatic rings. The summed E-state index contributed by atoms with van der Waals surface area (Å²) in [6, 6.07) is 0. The predicted molar refractivity (Wildman–Crippen MR) is 64.2 cm³/mol. The predicted octanol–water partition coefficient (Wildman–Crippen LogP) is 1.90. The maximum atomic E-state index is 11.4. The van der Waals surface area contributed by atoms with Gasteiger partial charge in [0.15, 0.2) is 0 Å². The van der Waals surface area contributed by atoms with Crippen LogP contribution in [0.15, 0.2) is 12.2 Å². The van der Waals surface area contributed by atoms with E-state index in [2.05, 4.69) is 20.4 Å². The second-order valence-electron chi connectivity index (χ2n) is 5.00. The molecular weight excluding hydrogens is 236 g/mol. The minimum atomic E-state index is -2.13. The summed E-state index contributed by atoms with van der Waals surface area (Å²) in [4.78, 5) is 22.7. The Bertz CT molecular complexity index is 347. The fourth-order valence-electron chi connectivity index (χ4n) is 1.70. The van der Waals surface area contributed by atoms with E-state index in [1.807, 2.05) is 0 Å². The Morgan fingerprint density at radius 2 is 2.00 bits per heavy atom. The molecule has 0 aromatic carbocycles. The molecule has 1 heterocycles. The smallest absolute Gasteiger partial charge is 0.373 e. The molecule has 5 heteroatoms. The van der Waals surface area contributed by atoms with E-state index < -0.39 is 17.9 Å². The van der Waals surface area contributed by atoms with E-state index in [0.29, 0.717) is 12.3 Å². The van der Waals surface area contributed by atoms with Crippen LogP contribution in [0.2, 0.25) is 0 Å². The first-order valence-electron chi connectivity index (χ1n) is 6.18. The largest absolute Gasteiger partial charge is 0.398 e. The van der Waals surface area contributed by atoms with Crippen molar-refractivity contribution in [2.45, 2.75) is 51.9 Å². The van der Waals surface area contributed by atoms with E-state index in [0.717, 1.165) is 12.8 Å². The maximum Gasteiger partial charge on any atom is 0.373 e. The zero-order valence-electron chi connectivity index (χ0n) is 10.9. The summed E-state index contributed by atoms with van der Waals surface area (Å²) in [5.74, 6) is -3.05. The van der Waals surface area contributed by atoms with E-state index >= 15 is 0 Å². The van der Waals surface area contributed by atoms with Crippen molar-refractivity contribution >= 4 is 11.9 Å². The zero-order valence-corrected chi connectivity index (χ0v) is 10.9. The molecule has 0 aliphatic carbocycles. The highest BCUT2D eigenvalue weighted by Crippen LogP contribution is 2.25. The molecule has 1 aliphatic heterocycles. The topological polar surface area (TPSA) is 72.8 Å². The number of hydrogen-bond donors (Lipinski definition) is 1. The average Bonchev–Trinajstić information content (AvgIpc) is 2.31. The number of cyclic esters (lactones) is 2.